The average molecular weight is 713 g/mol. The van der Waals surface area contributed by atoms with Gasteiger partial charge in [0.2, 0.25) is 5.95 Å². The van der Waals surface area contributed by atoms with Gasteiger partial charge in [-0.15, -0.1) is 0 Å². The van der Waals surface area contributed by atoms with Gasteiger partial charge in [0, 0.05) is 38.2 Å². The van der Waals surface area contributed by atoms with E-state index in [0.717, 1.165) is 49.7 Å². The van der Waals surface area contributed by atoms with E-state index in [1.165, 1.54) is 54.5 Å². The summed E-state index contributed by atoms with van der Waals surface area (Å²) in [5.74, 6) is 0.650. The van der Waals surface area contributed by atoms with Crippen LogP contribution in [-0.4, -0.2) is 19.1 Å². The lowest BCUT2D eigenvalue weighted by Crippen LogP contribution is -2.03. The summed E-state index contributed by atoms with van der Waals surface area (Å²) in [5.41, 5.74) is 10.9. The van der Waals surface area contributed by atoms with E-state index in [0.29, 0.717) is 5.95 Å². The molecule has 260 valence electrons. The molecule has 4 nitrogen and oxygen atoms in total. The minimum Gasteiger partial charge on any atom is -0.309 e. The lowest BCUT2D eigenvalue weighted by Gasteiger charge is -2.13. The van der Waals surface area contributed by atoms with Crippen LogP contribution >= 0.6 is 0 Å². The van der Waals surface area contributed by atoms with E-state index in [9.17, 15) is 0 Å². The molecule has 0 amide bonds. The summed E-state index contributed by atoms with van der Waals surface area (Å²) in [6.45, 7) is 0. The molecule has 0 N–H and O–H groups in total. The molecule has 0 spiro atoms. The molecule has 0 fully saturated rings. The molecule has 56 heavy (non-hydrogen) atoms. The third-order valence-corrected chi connectivity index (χ3v) is 11.5. The third kappa shape index (κ3) is 4.60. The van der Waals surface area contributed by atoms with Crippen molar-refractivity contribution in [3.8, 4) is 34.0 Å². The van der Waals surface area contributed by atoms with Gasteiger partial charge < -0.3 is 4.57 Å². The van der Waals surface area contributed by atoms with Crippen LogP contribution < -0.4 is 0 Å². The SMILES string of the molecule is c1ccc(-c2ccc(-c3nc(-n4c5ccc(-n6c7ccccc7c7c8ccccc8ccc76)cc5c5cc6ccccc6cc54)nc4ccccc34)cc2)cc1. The molecule has 9 aromatic carbocycles. The Balaban J connectivity index is 1.12. The molecule has 0 bridgehead atoms. The molecule has 0 aliphatic heterocycles. The minimum absolute atomic E-state index is 0.650. The van der Waals surface area contributed by atoms with Crippen molar-refractivity contribution in [3.63, 3.8) is 0 Å². The molecule has 4 heteroatoms. The van der Waals surface area contributed by atoms with Crippen LogP contribution in [0.4, 0.5) is 0 Å². The summed E-state index contributed by atoms with van der Waals surface area (Å²) in [6, 6.07) is 69.7. The van der Waals surface area contributed by atoms with Crippen molar-refractivity contribution in [2.24, 2.45) is 0 Å². The first-order valence-corrected chi connectivity index (χ1v) is 19.1. The lowest BCUT2D eigenvalue weighted by atomic mass is 10.0. The van der Waals surface area contributed by atoms with E-state index in [1.807, 2.05) is 0 Å². The number of rotatable bonds is 4. The van der Waals surface area contributed by atoms with Crippen LogP contribution in [0.1, 0.15) is 0 Å². The molecule has 0 saturated heterocycles. The summed E-state index contributed by atoms with van der Waals surface area (Å²) >= 11 is 0. The van der Waals surface area contributed by atoms with Gasteiger partial charge in [-0.25, -0.2) is 9.97 Å². The Morgan fingerprint density at radius 1 is 0.321 bits per heavy atom. The van der Waals surface area contributed by atoms with Gasteiger partial charge >= 0.3 is 0 Å². The molecule has 0 aliphatic rings. The molecule has 0 unspecified atom stereocenters. The highest BCUT2D eigenvalue weighted by atomic mass is 15.2. The van der Waals surface area contributed by atoms with Crippen molar-refractivity contribution < 1.29 is 0 Å². The molecule has 3 heterocycles. The van der Waals surface area contributed by atoms with Crippen LogP contribution in [-0.2, 0) is 0 Å². The number of nitrogens with zero attached hydrogens (tertiary/aromatic N) is 4. The number of aromatic nitrogens is 4. The summed E-state index contributed by atoms with van der Waals surface area (Å²) in [6.07, 6.45) is 0. The Hall–Kier alpha value is -7.56. The molecule has 0 saturated carbocycles. The zero-order valence-corrected chi connectivity index (χ0v) is 30.3. The van der Waals surface area contributed by atoms with Crippen LogP contribution in [0.3, 0.4) is 0 Å². The number of benzene rings is 9. The average Bonchev–Trinajstić information content (AvgIpc) is 3.77. The second-order valence-electron chi connectivity index (χ2n) is 14.6. The van der Waals surface area contributed by atoms with Gasteiger partial charge in [-0.2, -0.15) is 0 Å². The molecule has 3 aromatic heterocycles. The second-order valence-corrected chi connectivity index (χ2v) is 14.6. The first kappa shape index (κ1) is 30.9. The minimum atomic E-state index is 0.650. The van der Waals surface area contributed by atoms with Gasteiger partial charge in [0.1, 0.15) is 0 Å². The Labute approximate surface area is 322 Å². The maximum atomic E-state index is 5.43. The fourth-order valence-electron chi connectivity index (χ4n) is 8.90. The van der Waals surface area contributed by atoms with Crippen LogP contribution in [0.5, 0.6) is 0 Å². The Morgan fingerprint density at radius 2 is 0.929 bits per heavy atom. The number of hydrogen-bond acceptors (Lipinski definition) is 2. The molecule has 12 rings (SSSR count). The summed E-state index contributed by atoms with van der Waals surface area (Å²) < 4.78 is 4.68. The normalized spacial score (nSPS) is 11.9. The second kappa shape index (κ2) is 12.0. The highest BCUT2D eigenvalue weighted by Crippen LogP contribution is 2.40. The van der Waals surface area contributed by atoms with Crippen molar-refractivity contribution in [1.29, 1.82) is 0 Å². The summed E-state index contributed by atoms with van der Waals surface area (Å²) in [5, 5.41) is 10.8. The van der Waals surface area contributed by atoms with Crippen LogP contribution in [0.25, 0.3) is 110 Å². The zero-order valence-electron chi connectivity index (χ0n) is 30.3. The van der Waals surface area contributed by atoms with Gasteiger partial charge in [-0.05, 0) is 81.2 Å². The monoisotopic (exact) mass is 712 g/mol. The quantitative estimate of drug-likeness (QED) is 0.182. The Morgan fingerprint density at radius 3 is 1.77 bits per heavy atom. The van der Waals surface area contributed by atoms with Gasteiger partial charge in [-0.3, -0.25) is 4.57 Å². The van der Waals surface area contributed by atoms with Crippen molar-refractivity contribution in [2.75, 3.05) is 0 Å². The van der Waals surface area contributed by atoms with Gasteiger partial charge in [0.25, 0.3) is 0 Å². The fourth-order valence-corrected chi connectivity index (χ4v) is 8.90. The molecule has 12 aromatic rings. The van der Waals surface area contributed by atoms with Gasteiger partial charge in [0.05, 0.1) is 33.3 Å². The topological polar surface area (TPSA) is 35.6 Å². The predicted molar refractivity (Wildman–Crippen MR) is 234 cm³/mol. The van der Waals surface area contributed by atoms with Gasteiger partial charge in [-0.1, -0.05) is 146 Å². The zero-order chi connectivity index (χ0) is 36.7. The van der Waals surface area contributed by atoms with E-state index in [4.69, 9.17) is 9.97 Å². The Bertz CT molecular complexity index is 3520. The molecule has 0 atom stereocenters. The van der Waals surface area contributed by atoms with Gasteiger partial charge in [0.15, 0.2) is 0 Å². The van der Waals surface area contributed by atoms with E-state index >= 15 is 0 Å². The third-order valence-electron chi connectivity index (χ3n) is 11.5. The van der Waals surface area contributed by atoms with E-state index in [-0.39, 0.29) is 0 Å². The van der Waals surface area contributed by atoms with Crippen LogP contribution in [0.15, 0.2) is 194 Å². The molecular formula is C52H32N4. The first-order valence-electron chi connectivity index (χ1n) is 19.1. The highest BCUT2D eigenvalue weighted by Gasteiger charge is 2.20. The number of para-hydroxylation sites is 2. The summed E-state index contributed by atoms with van der Waals surface area (Å²) in [7, 11) is 0. The van der Waals surface area contributed by atoms with Crippen molar-refractivity contribution in [1.82, 2.24) is 19.1 Å². The largest absolute Gasteiger partial charge is 0.309 e. The standard InChI is InChI=1S/C52H32N4/c1-2-12-33(13-3-1)34-22-24-36(25-23-34)51-41-18-8-10-20-45(41)53-52(54-51)56-47-29-27-39(32-44(47)43-30-37-15-4-5-16-38(37)31-49(43)56)55-46-21-11-9-19-42(46)50-40-17-7-6-14-35(40)26-28-48(50)55/h1-32H. The fraction of sp³-hybridized carbons (Fsp3) is 0. The van der Waals surface area contributed by atoms with Crippen molar-refractivity contribution in [3.05, 3.63) is 194 Å². The smallest absolute Gasteiger partial charge is 0.235 e. The van der Waals surface area contributed by atoms with E-state index in [2.05, 4.69) is 203 Å². The predicted octanol–water partition coefficient (Wildman–Crippen LogP) is 13.5. The summed E-state index contributed by atoms with van der Waals surface area (Å²) in [4.78, 5) is 10.7. The van der Waals surface area contributed by atoms with Crippen molar-refractivity contribution >= 4 is 76.1 Å². The van der Waals surface area contributed by atoms with E-state index < -0.39 is 0 Å². The molecular weight excluding hydrogens is 681 g/mol. The first-order chi connectivity index (χ1) is 27.8. The highest BCUT2D eigenvalue weighted by molar-refractivity contribution is 6.21. The maximum Gasteiger partial charge on any atom is 0.235 e. The molecule has 0 radical (unpaired) electrons. The number of fused-ring (bicyclic) bond motifs is 10. The van der Waals surface area contributed by atoms with E-state index in [1.54, 1.807) is 0 Å². The van der Waals surface area contributed by atoms with Crippen molar-refractivity contribution in [2.45, 2.75) is 0 Å². The Kier molecular flexibility index (Phi) is 6.60. The molecule has 0 aliphatic carbocycles. The number of hydrogen-bond donors (Lipinski definition) is 0. The lowest BCUT2D eigenvalue weighted by molar-refractivity contribution is 1.01. The maximum absolute atomic E-state index is 5.43. The van der Waals surface area contributed by atoms with Crippen LogP contribution in [0, 0.1) is 0 Å². The van der Waals surface area contributed by atoms with Crippen LogP contribution in [0.2, 0.25) is 0 Å².